The van der Waals surface area contributed by atoms with E-state index in [4.69, 9.17) is 4.74 Å². The van der Waals surface area contributed by atoms with Crippen molar-refractivity contribution in [3.63, 3.8) is 0 Å². The van der Waals surface area contributed by atoms with Gasteiger partial charge in [-0.15, -0.1) is 0 Å². The lowest BCUT2D eigenvalue weighted by Crippen LogP contribution is -2.17. The predicted octanol–water partition coefficient (Wildman–Crippen LogP) is 1.96. The Bertz CT molecular complexity index is 108. The van der Waals surface area contributed by atoms with E-state index in [1.165, 1.54) is 19.3 Å². The van der Waals surface area contributed by atoms with Crippen molar-refractivity contribution in [2.24, 2.45) is 5.92 Å². The normalized spacial score (nSPS) is 22.5. The lowest BCUT2D eigenvalue weighted by Gasteiger charge is -2.22. The van der Waals surface area contributed by atoms with Crippen LogP contribution in [0.2, 0.25) is 0 Å². The quantitative estimate of drug-likeness (QED) is 0.702. The van der Waals surface area contributed by atoms with E-state index >= 15 is 0 Å². The average molecular weight is 172 g/mol. The number of aliphatic hydroxyl groups excluding tert-OH is 1. The number of hydrogen-bond acceptors (Lipinski definition) is 2. The zero-order chi connectivity index (χ0) is 8.81. The lowest BCUT2D eigenvalue weighted by atomic mass is 9.93. The van der Waals surface area contributed by atoms with E-state index in [9.17, 15) is 5.11 Å². The van der Waals surface area contributed by atoms with Crippen molar-refractivity contribution in [2.45, 2.75) is 45.1 Å². The molecule has 1 atom stereocenters. The van der Waals surface area contributed by atoms with Gasteiger partial charge in [0.05, 0.1) is 6.10 Å². The molecule has 0 bridgehead atoms. The maximum Gasteiger partial charge on any atom is 0.0537 e. The largest absolute Gasteiger partial charge is 0.393 e. The van der Waals surface area contributed by atoms with Gasteiger partial charge in [0, 0.05) is 13.2 Å². The molecule has 1 saturated heterocycles. The molecule has 1 aliphatic rings. The molecule has 1 unspecified atom stereocenters. The lowest BCUT2D eigenvalue weighted by molar-refractivity contribution is 0.0566. The van der Waals surface area contributed by atoms with Crippen LogP contribution in [0.25, 0.3) is 0 Å². The number of hydrogen-bond donors (Lipinski definition) is 1. The smallest absolute Gasteiger partial charge is 0.0537 e. The van der Waals surface area contributed by atoms with Crippen molar-refractivity contribution in [1.82, 2.24) is 0 Å². The predicted molar refractivity (Wildman–Crippen MR) is 49.1 cm³/mol. The summed E-state index contributed by atoms with van der Waals surface area (Å²) in [6.07, 6.45) is 5.35. The molecule has 1 rings (SSSR count). The Morgan fingerprint density at radius 3 is 2.67 bits per heavy atom. The van der Waals surface area contributed by atoms with Crippen LogP contribution in [-0.2, 0) is 4.74 Å². The third-order valence-electron chi connectivity index (χ3n) is 2.72. The first-order chi connectivity index (χ1) is 5.83. The number of aliphatic hydroxyl groups is 1. The van der Waals surface area contributed by atoms with Crippen molar-refractivity contribution in [3.05, 3.63) is 0 Å². The SMILES string of the molecule is CCC(O)CCC1CCOCC1. The fourth-order valence-electron chi connectivity index (χ4n) is 1.67. The first-order valence-electron chi connectivity index (χ1n) is 5.08. The Labute approximate surface area is 74.9 Å². The minimum Gasteiger partial charge on any atom is -0.393 e. The molecule has 0 aromatic heterocycles. The summed E-state index contributed by atoms with van der Waals surface area (Å²) in [5.41, 5.74) is 0. The summed E-state index contributed by atoms with van der Waals surface area (Å²) in [6.45, 7) is 3.88. The standard InChI is InChI=1S/C10H20O2/c1-2-10(11)4-3-9-5-7-12-8-6-9/h9-11H,2-8H2,1H3. The second kappa shape index (κ2) is 5.55. The Morgan fingerprint density at radius 2 is 2.08 bits per heavy atom. The molecule has 1 N–H and O–H groups in total. The summed E-state index contributed by atoms with van der Waals surface area (Å²) in [5, 5.41) is 9.36. The highest BCUT2D eigenvalue weighted by atomic mass is 16.5. The summed E-state index contributed by atoms with van der Waals surface area (Å²) in [6, 6.07) is 0. The Hall–Kier alpha value is -0.0800. The summed E-state index contributed by atoms with van der Waals surface area (Å²) < 4.78 is 5.27. The second-order valence-electron chi connectivity index (χ2n) is 3.70. The maximum absolute atomic E-state index is 9.36. The molecule has 1 aliphatic heterocycles. The Kier molecular flexibility index (Phi) is 4.62. The van der Waals surface area contributed by atoms with E-state index in [1.54, 1.807) is 0 Å². The molecule has 72 valence electrons. The Morgan fingerprint density at radius 1 is 1.42 bits per heavy atom. The van der Waals surface area contributed by atoms with E-state index < -0.39 is 0 Å². The fraction of sp³-hybridized carbons (Fsp3) is 1.00. The van der Waals surface area contributed by atoms with Crippen LogP contribution < -0.4 is 0 Å². The third-order valence-corrected chi connectivity index (χ3v) is 2.72. The van der Waals surface area contributed by atoms with Crippen LogP contribution in [-0.4, -0.2) is 24.4 Å². The van der Waals surface area contributed by atoms with Gasteiger partial charge in [-0.1, -0.05) is 6.92 Å². The van der Waals surface area contributed by atoms with Crippen LogP contribution in [0, 0.1) is 5.92 Å². The molecule has 2 heteroatoms. The van der Waals surface area contributed by atoms with Crippen molar-refractivity contribution < 1.29 is 9.84 Å². The van der Waals surface area contributed by atoms with Gasteiger partial charge in [0.25, 0.3) is 0 Å². The molecule has 12 heavy (non-hydrogen) atoms. The monoisotopic (exact) mass is 172 g/mol. The van der Waals surface area contributed by atoms with Gasteiger partial charge < -0.3 is 9.84 Å². The zero-order valence-electron chi connectivity index (χ0n) is 7.96. The van der Waals surface area contributed by atoms with Gasteiger partial charge in [-0.05, 0) is 38.0 Å². The van der Waals surface area contributed by atoms with Gasteiger partial charge >= 0.3 is 0 Å². The highest BCUT2D eigenvalue weighted by Crippen LogP contribution is 2.21. The van der Waals surface area contributed by atoms with E-state index in [0.717, 1.165) is 32.0 Å². The molecule has 0 aromatic carbocycles. The molecule has 0 aliphatic carbocycles. The molecular formula is C10H20O2. The minimum atomic E-state index is -0.0761. The average Bonchev–Trinajstić information content (AvgIpc) is 2.16. The molecule has 0 amide bonds. The molecule has 0 aromatic rings. The van der Waals surface area contributed by atoms with Crippen LogP contribution in [0.1, 0.15) is 39.0 Å². The summed E-state index contributed by atoms with van der Waals surface area (Å²) in [7, 11) is 0. The Balaban J connectivity index is 2.05. The van der Waals surface area contributed by atoms with Gasteiger partial charge in [0.15, 0.2) is 0 Å². The van der Waals surface area contributed by atoms with Crippen LogP contribution in [0.3, 0.4) is 0 Å². The minimum absolute atomic E-state index is 0.0761. The van der Waals surface area contributed by atoms with Crippen molar-refractivity contribution in [3.8, 4) is 0 Å². The topological polar surface area (TPSA) is 29.5 Å². The van der Waals surface area contributed by atoms with E-state index in [-0.39, 0.29) is 6.10 Å². The molecule has 0 radical (unpaired) electrons. The first-order valence-corrected chi connectivity index (χ1v) is 5.08. The maximum atomic E-state index is 9.36. The summed E-state index contributed by atoms with van der Waals surface area (Å²) >= 11 is 0. The van der Waals surface area contributed by atoms with E-state index in [0.29, 0.717) is 0 Å². The van der Waals surface area contributed by atoms with E-state index in [1.807, 2.05) is 6.92 Å². The van der Waals surface area contributed by atoms with E-state index in [2.05, 4.69) is 0 Å². The molecule has 1 heterocycles. The fourth-order valence-corrected chi connectivity index (χ4v) is 1.67. The molecule has 0 saturated carbocycles. The highest BCUT2D eigenvalue weighted by molar-refractivity contribution is 4.65. The molecule has 2 nitrogen and oxygen atoms in total. The van der Waals surface area contributed by atoms with Crippen LogP contribution in [0.15, 0.2) is 0 Å². The van der Waals surface area contributed by atoms with Crippen molar-refractivity contribution in [1.29, 1.82) is 0 Å². The van der Waals surface area contributed by atoms with Crippen molar-refractivity contribution >= 4 is 0 Å². The number of ether oxygens (including phenoxy) is 1. The third kappa shape index (κ3) is 3.55. The summed E-state index contributed by atoms with van der Waals surface area (Å²) in [4.78, 5) is 0. The van der Waals surface area contributed by atoms with Crippen molar-refractivity contribution in [2.75, 3.05) is 13.2 Å². The van der Waals surface area contributed by atoms with Crippen LogP contribution >= 0.6 is 0 Å². The molecule has 0 spiro atoms. The number of rotatable bonds is 4. The highest BCUT2D eigenvalue weighted by Gasteiger charge is 2.14. The zero-order valence-corrected chi connectivity index (χ0v) is 7.96. The van der Waals surface area contributed by atoms with Gasteiger partial charge in [-0.25, -0.2) is 0 Å². The van der Waals surface area contributed by atoms with Gasteiger partial charge in [-0.2, -0.15) is 0 Å². The second-order valence-corrected chi connectivity index (χ2v) is 3.70. The van der Waals surface area contributed by atoms with Crippen LogP contribution in [0.5, 0.6) is 0 Å². The van der Waals surface area contributed by atoms with Gasteiger partial charge in [-0.3, -0.25) is 0 Å². The van der Waals surface area contributed by atoms with Crippen LogP contribution in [0.4, 0.5) is 0 Å². The molecular weight excluding hydrogens is 152 g/mol. The molecule has 1 fully saturated rings. The van der Waals surface area contributed by atoms with Gasteiger partial charge in [0.2, 0.25) is 0 Å². The summed E-state index contributed by atoms with van der Waals surface area (Å²) in [5.74, 6) is 0.806. The van der Waals surface area contributed by atoms with Gasteiger partial charge in [0.1, 0.15) is 0 Å². The first kappa shape index (κ1) is 10.0.